The maximum absolute atomic E-state index is 12.4. The van der Waals surface area contributed by atoms with Crippen LogP contribution in [0.2, 0.25) is 0 Å². The lowest BCUT2D eigenvalue weighted by atomic mass is 10.0. The van der Waals surface area contributed by atoms with Crippen LogP contribution in [0.1, 0.15) is 251 Å². The Morgan fingerprint density at radius 1 is 0.492 bits per heavy atom. The lowest BCUT2D eigenvalue weighted by molar-refractivity contribution is -0.143. The maximum Gasteiger partial charge on any atom is 0.305 e. The molecule has 0 aliphatic carbocycles. The molecule has 6 nitrogen and oxygen atoms in total. The number of esters is 1. The molecule has 1 amide bonds. The van der Waals surface area contributed by atoms with Gasteiger partial charge in [-0.2, -0.15) is 0 Å². The summed E-state index contributed by atoms with van der Waals surface area (Å²) < 4.78 is 5.43. The van der Waals surface area contributed by atoms with E-state index in [4.69, 9.17) is 4.74 Å². The van der Waals surface area contributed by atoms with E-state index in [1.807, 2.05) is 0 Å². The number of ether oxygens (including phenoxy) is 1. The summed E-state index contributed by atoms with van der Waals surface area (Å²) in [6.07, 6.45) is 59.4. The molecule has 0 radical (unpaired) electrons. The van der Waals surface area contributed by atoms with Crippen molar-refractivity contribution in [1.82, 2.24) is 5.32 Å². The second kappa shape index (κ2) is 48.5. The number of carbonyl (C=O) groups is 2. The molecule has 0 rings (SSSR count). The van der Waals surface area contributed by atoms with Crippen LogP contribution in [0.5, 0.6) is 0 Å². The number of aliphatic hydroxyl groups is 2. The van der Waals surface area contributed by atoms with Crippen LogP contribution in [0.3, 0.4) is 0 Å². The van der Waals surface area contributed by atoms with Crippen LogP contribution in [-0.4, -0.2) is 47.4 Å². The molecule has 0 fully saturated rings. The largest absolute Gasteiger partial charge is 0.466 e. The van der Waals surface area contributed by atoms with Crippen molar-refractivity contribution in [2.75, 3.05) is 13.2 Å². The van der Waals surface area contributed by atoms with Crippen molar-refractivity contribution in [3.8, 4) is 0 Å². The molecule has 0 aromatic heterocycles. The molecule has 0 saturated heterocycles. The predicted octanol–water partition coefficient (Wildman–Crippen LogP) is 15.1. The maximum atomic E-state index is 12.4. The van der Waals surface area contributed by atoms with Gasteiger partial charge in [-0.25, -0.2) is 0 Å². The van der Waals surface area contributed by atoms with Gasteiger partial charge >= 0.3 is 5.97 Å². The topological polar surface area (TPSA) is 95.9 Å². The summed E-state index contributed by atoms with van der Waals surface area (Å²) in [5, 5.41) is 23.1. The molecule has 0 aliphatic heterocycles. The van der Waals surface area contributed by atoms with Crippen LogP contribution in [-0.2, 0) is 14.3 Å². The van der Waals surface area contributed by atoms with E-state index in [0.29, 0.717) is 25.9 Å². The van der Waals surface area contributed by atoms with Gasteiger partial charge in [-0.15, -0.1) is 0 Å². The Morgan fingerprint density at radius 3 is 1.41 bits per heavy atom. The molecule has 0 aromatic rings. The molecular formula is C53H97NO5. The van der Waals surface area contributed by atoms with Crippen molar-refractivity contribution >= 4 is 11.9 Å². The Morgan fingerprint density at radius 2 is 0.898 bits per heavy atom. The molecule has 0 aliphatic rings. The van der Waals surface area contributed by atoms with Crippen LogP contribution in [0, 0.1) is 0 Å². The Labute approximate surface area is 366 Å². The van der Waals surface area contributed by atoms with Crippen molar-refractivity contribution in [3.63, 3.8) is 0 Å². The highest BCUT2D eigenvalue weighted by atomic mass is 16.5. The lowest BCUT2D eigenvalue weighted by Crippen LogP contribution is -2.45. The quantitative estimate of drug-likeness (QED) is 0.0246. The summed E-state index contributed by atoms with van der Waals surface area (Å²) in [6, 6.07) is -0.558. The Bertz CT molecular complexity index is 1000. The van der Waals surface area contributed by atoms with Crippen LogP contribution in [0.15, 0.2) is 48.6 Å². The van der Waals surface area contributed by atoms with Crippen LogP contribution in [0.25, 0.3) is 0 Å². The summed E-state index contributed by atoms with van der Waals surface area (Å²) in [4.78, 5) is 24.4. The Kier molecular flexibility index (Phi) is 46.7. The molecule has 2 unspecified atom stereocenters. The fourth-order valence-corrected chi connectivity index (χ4v) is 7.42. The second-order valence-corrected chi connectivity index (χ2v) is 17.2. The molecule has 3 N–H and O–H groups in total. The number of rotatable bonds is 46. The van der Waals surface area contributed by atoms with Gasteiger partial charge in [-0.1, -0.05) is 197 Å². The molecule has 0 bridgehead atoms. The third kappa shape index (κ3) is 45.2. The fourth-order valence-electron chi connectivity index (χ4n) is 7.42. The number of carbonyl (C=O) groups excluding carboxylic acids is 2. The summed E-state index contributed by atoms with van der Waals surface area (Å²) >= 11 is 0. The molecule has 0 heterocycles. The van der Waals surface area contributed by atoms with E-state index in [2.05, 4.69) is 67.8 Å². The van der Waals surface area contributed by atoms with Gasteiger partial charge in [0.15, 0.2) is 0 Å². The third-order valence-corrected chi connectivity index (χ3v) is 11.4. The van der Waals surface area contributed by atoms with Crippen molar-refractivity contribution in [2.45, 2.75) is 264 Å². The van der Waals surface area contributed by atoms with E-state index in [0.717, 1.165) is 89.9 Å². The van der Waals surface area contributed by atoms with Gasteiger partial charge in [0.2, 0.25) is 5.91 Å². The first-order valence-electron chi connectivity index (χ1n) is 25.4. The van der Waals surface area contributed by atoms with Gasteiger partial charge in [0.1, 0.15) is 0 Å². The predicted molar refractivity (Wildman–Crippen MR) is 255 cm³/mol. The molecule has 344 valence electrons. The number of amides is 1. The van der Waals surface area contributed by atoms with Gasteiger partial charge in [0.05, 0.1) is 25.4 Å². The first kappa shape index (κ1) is 56.8. The summed E-state index contributed by atoms with van der Waals surface area (Å²) in [5.74, 6) is -0.0969. The monoisotopic (exact) mass is 828 g/mol. The SMILES string of the molecule is CCCCCC/C=C\C/C=C\CCCCCCCC(=O)OCCCCC/C=C\C=C/CCCCCCCCC(=O)NC(CO)C(O)CCCCCCCCCCCCC. The number of aliphatic hydroxyl groups excluding tert-OH is 2. The van der Waals surface area contributed by atoms with Crippen molar-refractivity contribution in [3.05, 3.63) is 48.6 Å². The van der Waals surface area contributed by atoms with E-state index in [1.54, 1.807) is 0 Å². The normalized spacial score (nSPS) is 13.1. The summed E-state index contributed by atoms with van der Waals surface area (Å²) in [5.41, 5.74) is 0. The van der Waals surface area contributed by atoms with Crippen molar-refractivity contribution in [2.24, 2.45) is 0 Å². The third-order valence-electron chi connectivity index (χ3n) is 11.4. The highest BCUT2D eigenvalue weighted by Crippen LogP contribution is 2.15. The molecular weight excluding hydrogens is 731 g/mol. The smallest absolute Gasteiger partial charge is 0.305 e. The molecule has 0 spiro atoms. The van der Waals surface area contributed by atoms with E-state index >= 15 is 0 Å². The average Bonchev–Trinajstić information content (AvgIpc) is 3.24. The van der Waals surface area contributed by atoms with Gasteiger partial charge in [0, 0.05) is 12.8 Å². The van der Waals surface area contributed by atoms with E-state index < -0.39 is 12.1 Å². The van der Waals surface area contributed by atoms with E-state index in [1.165, 1.54) is 128 Å². The molecule has 59 heavy (non-hydrogen) atoms. The molecule has 0 aromatic carbocycles. The number of nitrogens with one attached hydrogen (secondary N) is 1. The Hall–Kier alpha value is -2.18. The van der Waals surface area contributed by atoms with Gasteiger partial charge < -0.3 is 20.3 Å². The number of allylic oxidation sites excluding steroid dienone is 8. The first-order chi connectivity index (χ1) is 29.0. The zero-order chi connectivity index (χ0) is 43.0. The van der Waals surface area contributed by atoms with Crippen molar-refractivity contribution < 1.29 is 24.5 Å². The van der Waals surface area contributed by atoms with Crippen LogP contribution >= 0.6 is 0 Å². The molecule has 0 saturated carbocycles. The van der Waals surface area contributed by atoms with Crippen molar-refractivity contribution in [1.29, 1.82) is 0 Å². The zero-order valence-electron chi connectivity index (χ0n) is 39.0. The minimum absolute atomic E-state index is 0.0361. The summed E-state index contributed by atoms with van der Waals surface area (Å²) in [6.45, 7) is 4.85. The molecule has 2 atom stereocenters. The molecule has 6 heteroatoms. The van der Waals surface area contributed by atoms with E-state index in [9.17, 15) is 19.8 Å². The van der Waals surface area contributed by atoms with Gasteiger partial charge in [-0.3, -0.25) is 9.59 Å². The zero-order valence-corrected chi connectivity index (χ0v) is 39.0. The second-order valence-electron chi connectivity index (χ2n) is 17.2. The highest BCUT2D eigenvalue weighted by Gasteiger charge is 2.20. The average molecular weight is 828 g/mol. The highest BCUT2D eigenvalue weighted by molar-refractivity contribution is 5.76. The fraction of sp³-hybridized carbons (Fsp3) is 0.811. The van der Waals surface area contributed by atoms with Crippen LogP contribution in [0.4, 0.5) is 0 Å². The summed E-state index contributed by atoms with van der Waals surface area (Å²) in [7, 11) is 0. The number of unbranched alkanes of at least 4 members (excludes halogenated alkanes) is 28. The number of hydrogen-bond acceptors (Lipinski definition) is 5. The van der Waals surface area contributed by atoms with E-state index in [-0.39, 0.29) is 18.5 Å². The minimum atomic E-state index is -0.678. The first-order valence-corrected chi connectivity index (χ1v) is 25.4. The number of hydrogen-bond donors (Lipinski definition) is 3. The standard InChI is InChI=1S/C53H97NO5/c1-3-5-7-9-11-13-15-16-17-20-23-27-31-35-39-43-47-53(58)59-48-44-40-36-32-28-24-21-18-19-22-26-30-34-38-42-46-52(57)54-50(49-55)51(56)45-41-37-33-29-25-14-12-10-8-6-4-2/h13,15,17-18,20-21,24,28,50-51,55-56H,3-12,14,16,19,22-23,25-27,29-49H2,1-2H3,(H,54,57)/b15-13-,20-17-,21-18-,28-24-. The van der Waals surface area contributed by atoms with Crippen LogP contribution < -0.4 is 5.32 Å². The van der Waals surface area contributed by atoms with Gasteiger partial charge in [0.25, 0.3) is 0 Å². The lowest BCUT2D eigenvalue weighted by Gasteiger charge is -2.22. The Balaban J connectivity index is 3.54. The van der Waals surface area contributed by atoms with Gasteiger partial charge in [-0.05, 0) is 89.9 Å². The minimum Gasteiger partial charge on any atom is -0.466 e.